The molecule has 0 aliphatic carbocycles. The van der Waals surface area contributed by atoms with Gasteiger partial charge >= 0.3 is 0 Å². The first-order valence-corrected chi connectivity index (χ1v) is 11.8. The maximum absolute atomic E-state index is 13.0. The van der Waals surface area contributed by atoms with Gasteiger partial charge in [0.15, 0.2) is 0 Å². The maximum Gasteiger partial charge on any atom is 0.243 e. The Morgan fingerprint density at radius 3 is 2.48 bits per heavy atom. The number of benzene rings is 2. The molecule has 1 heterocycles. The first-order valence-electron chi connectivity index (χ1n) is 10.4. The molecule has 0 bridgehead atoms. The van der Waals surface area contributed by atoms with Crippen LogP contribution in [0.15, 0.2) is 47.4 Å². The number of nitrogens with zero attached hydrogens (tertiary/aromatic N) is 1. The van der Waals surface area contributed by atoms with Gasteiger partial charge in [-0.1, -0.05) is 17.7 Å². The molecule has 0 aromatic heterocycles. The Morgan fingerprint density at radius 2 is 1.84 bits per heavy atom. The summed E-state index contributed by atoms with van der Waals surface area (Å²) in [5.41, 5.74) is 1.80. The fourth-order valence-electron chi connectivity index (χ4n) is 3.82. The summed E-state index contributed by atoms with van der Waals surface area (Å²) in [7, 11) is -0.467. The molecule has 0 unspecified atom stereocenters. The maximum atomic E-state index is 13.0. The molecule has 0 saturated carbocycles. The number of piperidine rings is 1. The molecule has 0 radical (unpaired) electrons. The predicted molar refractivity (Wildman–Crippen MR) is 119 cm³/mol. The Kier molecular flexibility index (Phi) is 7.23. The molecule has 7 nitrogen and oxygen atoms in total. The Hall–Kier alpha value is -2.58. The Labute approximate surface area is 184 Å². The zero-order valence-corrected chi connectivity index (χ0v) is 19.2. The van der Waals surface area contributed by atoms with Crippen molar-refractivity contribution in [1.29, 1.82) is 0 Å². The van der Waals surface area contributed by atoms with Crippen LogP contribution in [0.1, 0.15) is 36.9 Å². The number of aryl methyl sites for hydroxylation is 1. The molecule has 2 atom stereocenters. The van der Waals surface area contributed by atoms with Gasteiger partial charge in [-0.05, 0) is 57.0 Å². The minimum atomic E-state index is -3.63. The molecular formula is C23H30N2O5S. The van der Waals surface area contributed by atoms with Crippen molar-refractivity contribution >= 4 is 15.9 Å². The number of carbonyl (C=O) groups is 1. The van der Waals surface area contributed by atoms with Gasteiger partial charge in [0.1, 0.15) is 11.5 Å². The molecule has 1 aliphatic heterocycles. The number of hydrogen-bond acceptors (Lipinski definition) is 5. The van der Waals surface area contributed by atoms with Crippen LogP contribution in [0, 0.1) is 12.8 Å². The van der Waals surface area contributed by atoms with Crippen molar-refractivity contribution < 1.29 is 22.7 Å². The number of rotatable bonds is 7. The third kappa shape index (κ3) is 5.19. The summed E-state index contributed by atoms with van der Waals surface area (Å²) in [5.74, 6) is 0.750. The van der Waals surface area contributed by atoms with Crippen LogP contribution in [-0.2, 0) is 14.8 Å². The lowest BCUT2D eigenvalue weighted by atomic mass is 9.97. The van der Waals surface area contributed by atoms with Crippen LogP contribution in [0.3, 0.4) is 0 Å². The van der Waals surface area contributed by atoms with E-state index in [1.54, 1.807) is 50.6 Å². The first-order chi connectivity index (χ1) is 14.8. The molecule has 8 heteroatoms. The minimum absolute atomic E-state index is 0.166. The second kappa shape index (κ2) is 9.70. The van der Waals surface area contributed by atoms with Crippen molar-refractivity contribution in [3.05, 3.63) is 53.6 Å². The van der Waals surface area contributed by atoms with Crippen LogP contribution >= 0.6 is 0 Å². The van der Waals surface area contributed by atoms with Crippen molar-refractivity contribution in [3.63, 3.8) is 0 Å². The van der Waals surface area contributed by atoms with Gasteiger partial charge < -0.3 is 14.8 Å². The van der Waals surface area contributed by atoms with Gasteiger partial charge in [0, 0.05) is 18.7 Å². The van der Waals surface area contributed by atoms with Crippen molar-refractivity contribution in [2.75, 3.05) is 27.3 Å². The molecule has 2 aromatic rings. The summed E-state index contributed by atoms with van der Waals surface area (Å²) in [4.78, 5) is 13.2. The predicted octanol–water partition coefficient (Wildman–Crippen LogP) is 3.29. The fourth-order valence-corrected chi connectivity index (χ4v) is 5.34. The van der Waals surface area contributed by atoms with E-state index in [2.05, 4.69) is 5.32 Å². The zero-order chi connectivity index (χ0) is 22.6. The molecule has 168 valence electrons. The second-order valence-corrected chi connectivity index (χ2v) is 9.79. The topological polar surface area (TPSA) is 84.9 Å². The van der Waals surface area contributed by atoms with E-state index >= 15 is 0 Å². The molecule has 3 rings (SSSR count). The summed E-state index contributed by atoms with van der Waals surface area (Å²) in [6.07, 6.45) is 1.29. The number of sulfonamides is 1. The second-order valence-electron chi connectivity index (χ2n) is 7.85. The molecular weight excluding hydrogens is 416 g/mol. The Morgan fingerprint density at radius 1 is 1.13 bits per heavy atom. The van der Waals surface area contributed by atoms with Crippen LogP contribution in [0.25, 0.3) is 0 Å². The van der Waals surface area contributed by atoms with Crippen LogP contribution in [0.5, 0.6) is 11.5 Å². The van der Waals surface area contributed by atoms with Crippen LogP contribution in [0.4, 0.5) is 0 Å². The van der Waals surface area contributed by atoms with Crippen molar-refractivity contribution in [2.24, 2.45) is 5.92 Å². The number of nitrogens with one attached hydrogen (secondary N) is 1. The third-order valence-corrected chi connectivity index (χ3v) is 7.56. The van der Waals surface area contributed by atoms with Gasteiger partial charge in [-0.3, -0.25) is 4.79 Å². The van der Waals surface area contributed by atoms with Crippen LogP contribution in [-0.4, -0.2) is 45.9 Å². The van der Waals surface area contributed by atoms with E-state index in [-0.39, 0.29) is 23.4 Å². The van der Waals surface area contributed by atoms with E-state index in [0.29, 0.717) is 30.9 Å². The quantitative estimate of drug-likeness (QED) is 0.706. The summed E-state index contributed by atoms with van der Waals surface area (Å²) in [5, 5.41) is 3.02. The van der Waals surface area contributed by atoms with E-state index < -0.39 is 15.9 Å². The van der Waals surface area contributed by atoms with Gasteiger partial charge in [0.25, 0.3) is 0 Å². The number of hydrogen-bond donors (Lipinski definition) is 1. The fraction of sp³-hybridized carbons (Fsp3) is 0.435. The number of methoxy groups -OCH3 is 2. The first kappa shape index (κ1) is 23.1. The Bertz CT molecular complexity index is 1020. The summed E-state index contributed by atoms with van der Waals surface area (Å²) >= 11 is 0. The van der Waals surface area contributed by atoms with E-state index in [0.717, 1.165) is 11.1 Å². The monoisotopic (exact) mass is 446 g/mol. The van der Waals surface area contributed by atoms with Gasteiger partial charge in [0.2, 0.25) is 15.9 Å². The van der Waals surface area contributed by atoms with Crippen LogP contribution < -0.4 is 14.8 Å². The number of amides is 1. The molecule has 0 spiro atoms. The molecule has 2 aromatic carbocycles. The average Bonchev–Trinajstić information content (AvgIpc) is 2.78. The van der Waals surface area contributed by atoms with Gasteiger partial charge in [0.05, 0.1) is 31.1 Å². The molecule has 1 aliphatic rings. The number of ether oxygens (including phenoxy) is 2. The van der Waals surface area contributed by atoms with Crippen molar-refractivity contribution in [2.45, 2.75) is 37.6 Å². The molecule has 1 fully saturated rings. The van der Waals surface area contributed by atoms with Gasteiger partial charge in [-0.15, -0.1) is 0 Å². The van der Waals surface area contributed by atoms with Gasteiger partial charge in [-0.2, -0.15) is 4.31 Å². The molecule has 31 heavy (non-hydrogen) atoms. The minimum Gasteiger partial charge on any atom is -0.497 e. The smallest absolute Gasteiger partial charge is 0.243 e. The molecule has 1 N–H and O–H groups in total. The lowest BCUT2D eigenvalue weighted by Crippen LogP contribution is -2.45. The van der Waals surface area contributed by atoms with E-state index in [9.17, 15) is 13.2 Å². The zero-order valence-electron chi connectivity index (χ0n) is 18.4. The Balaban J connectivity index is 1.72. The molecule has 1 amide bonds. The normalized spacial score (nSPS) is 18.3. The van der Waals surface area contributed by atoms with Crippen molar-refractivity contribution in [1.82, 2.24) is 9.62 Å². The highest BCUT2D eigenvalue weighted by Crippen LogP contribution is 2.30. The van der Waals surface area contributed by atoms with E-state index in [4.69, 9.17) is 9.47 Å². The highest BCUT2D eigenvalue weighted by atomic mass is 32.2. The molecule has 1 saturated heterocycles. The average molecular weight is 447 g/mol. The van der Waals surface area contributed by atoms with E-state index in [1.165, 1.54) is 4.31 Å². The van der Waals surface area contributed by atoms with Gasteiger partial charge in [-0.25, -0.2) is 8.42 Å². The summed E-state index contributed by atoms with van der Waals surface area (Å²) in [6.45, 7) is 4.37. The largest absolute Gasteiger partial charge is 0.497 e. The standard InChI is InChI=1S/C23H30N2O5S/c1-16-7-10-20(11-8-16)31(27,28)25-13-5-6-18(15-25)23(26)24-17(2)21-14-19(29-3)9-12-22(21)30-4/h7-12,14,17-18H,5-6,13,15H2,1-4H3,(H,24,26)/t17-,18+/m0/s1. The third-order valence-electron chi connectivity index (χ3n) is 5.68. The lowest BCUT2D eigenvalue weighted by Gasteiger charge is -2.32. The summed E-state index contributed by atoms with van der Waals surface area (Å²) in [6, 6.07) is 11.9. The highest BCUT2D eigenvalue weighted by Gasteiger charge is 2.34. The van der Waals surface area contributed by atoms with E-state index in [1.807, 2.05) is 19.9 Å². The highest BCUT2D eigenvalue weighted by molar-refractivity contribution is 7.89. The van der Waals surface area contributed by atoms with Crippen LogP contribution in [0.2, 0.25) is 0 Å². The lowest BCUT2D eigenvalue weighted by molar-refractivity contribution is -0.126. The summed E-state index contributed by atoms with van der Waals surface area (Å²) < 4.78 is 38.2. The number of carbonyl (C=O) groups excluding carboxylic acids is 1. The van der Waals surface area contributed by atoms with Crippen molar-refractivity contribution in [3.8, 4) is 11.5 Å². The SMILES string of the molecule is COc1ccc(OC)c([C@H](C)NC(=O)[C@@H]2CCCN(S(=O)(=O)c3ccc(C)cc3)C2)c1.